The molecule has 0 aliphatic carbocycles. The lowest BCUT2D eigenvalue weighted by atomic mass is 10.3. The van der Waals surface area contributed by atoms with Gasteiger partial charge in [0, 0.05) is 6.54 Å². The average Bonchev–Trinajstić information content (AvgIpc) is 2.26. The summed E-state index contributed by atoms with van der Waals surface area (Å²) in [7, 11) is -1.90. The second kappa shape index (κ2) is 4.95. The van der Waals surface area contributed by atoms with Crippen molar-refractivity contribution in [3.63, 3.8) is 0 Å². The lowest BCUT2D eigenvalue weighted by Crippen LogP contribution is -2.23. The molecule has 15 heavy (non-hydrogen) atoms. The highest BCUT2D eigenvalue weighted by atomic mass is 32.2. The van der Waals surface area contributed by atoms with E-state index >= 15 is 0 Å². The van der Waals surface area contributed by atoms with Crippen molar-refractivity contribution >= 4 is 10.0 Å². The molecule has 0 bridgehead atoms. The van der Waals surface area contributed by atoms with Crippen LogP contribution in [-0.4, -0.2) is 22.1 Å². The molecule has 1 aromatic rings. The van der Waals surface area contributed by atoms with E-state index in [9.17, 15) is 8.42 Å². The Morgan fingerprint density at radius 3 is 2.47 bits per heavy atom. The van der Waals surface area contributed by atoms with Crippen LogP contribution in [0.5, 0.6) is 5.75 Å². The Labute approximate surface area is 89.6 Å². The molecule has 0 fully saturated rings. The molecule has 0 spiro atoms. The minimum atomic E-state index is -3.42. The van der Waals surface area contributed by atoms with E-state index in [1.54, 1.807) is 12.1 Å². The van der Waals surface area contributed by atoms with Crippen molar-refractivity contribution in [2.75, 3.05) is 13.7 Å². The van der Waals surface area contributed by atoms with E-state index in [0.29, 0.717) is 5.75 Å². The van der Waals surface area contributed by atoms with Gasteiger partial charge < -0.3 is 4.74 Å². The van der Waals surface area contributed by atoms with Crippen LogP contribution in [0, 0.1) is 0 Å². The first-order chi connectivity index (χ1) is 7.10. The van der Waals surface area contributed by atoms with Gasteiger partial charge in [-0.05, 0) is 24.3 Å². The molecule has 0 aliphatic heterocycles. The van der Waals surface area contributed by atoms with E-state index in [4.69, 9.17) is 4.74 Å². The number of sulfonamides is 1. The third-order valence-corrected chi connectivity index (χ3v) is 3.23. The number of benzene rings is 1. The lowest BCUT2D eigenvalue weighted by molar-refractivity contribution is 0.414. The first-order valence-electron chi connectivity index (χ1n) is 4.35. The van der Waals surface area contributed by atoms with Crippen molar-refractivity contribution in [3.05, 3.63) is 36.9 Å². The molecule has 0 unspecified atom stereocenters. The molecule has 0 saturated heterocycles. The van der Waals surface area contributed by atoms with Crippen LogP contribution in [0.4, 0.5) is 0 Å². The van der Waals surface area contributed by atoms with Crippen LogP contribution in [0.1, 0.15) is 0 Å². The molecule has 4 nitrogen and oxygen atoms in total. The van der Waals surface area contributed by atoms with Crippen molar-refractivity contribution in [1.82, 2.24) is 4.72 Å². The van der Waals surface area contributed by atoms with Crippen molar-refractivity contribution in [3.8, 4) is 5.75 Å². The molecule has 0 heterocycles. The second-order valence-corrected chi connectivity index (χ2v) is 4.58. The maximum absolute atomic E-state index is 11.6. The zero-order chi connectivity index (χ0) is 11.3. The average molecular weight is 227 g/mol. The molecule has 0 atom stereocenters. The molecular formula is C10H13NO3S. The summed E-state index contributed by atoms with van der Waals surface area (Å²) in [6.07, 6.45) is 1.49. The monoisotopic (exact) mass is 227 g/mol. The summed E-state index contributed by atoms with van der Waals surface area (Å²) in [5, 5.41) is 0. The highest BCUT2D eigenvalue weighted by Gasteiger charge is 2.11. The van der Waals surface area contributed by atoms with Gasteiger partial charge in [0.1, 0.15) is 5.75 Å². The molecule has 0 aromatic heterocycles. The lowest BCUT2D eigenvalue weighted by Gasteiger charge is -2.05. The van der Waals surface area contributed by atoms with Crippen LogP contribution < -0.4 is 9.46 Å². The number of rotatable bonds is 5. The predicted octanol–water partition coefficient (Wildman–Crippen LogP) is 1.16. The first-order valence-corrected chi connectivity index (χ1v) is 5.83. The Hall–Kier alpha value is -1.33. The second-order valence-electron chi connectivity index (χ2n) is 2.82. The summed E-state index contributed by atoms with van der Waals surface area (Å²) in [6.45, 7) is 3.65. The number of nitrogens with one attached hydrogen (secondary N) is 1. The Morgan fingerprint density at radius 2 is 2.00 bits per heavy atom. The molecule has 0 amide bonds. The fourth-order valence-electron chi connectivity index (χ4n) is 1.01. The van der Waals surface area contributed by atoms with Crippen LogP contribution in [0.25, 0.3) is 0 Å². The third-order valence-electron chi connectivity index (χ3n) is 1.79. The van der Waals surface area contributed by atoms with Crippen LogP contribution >= 0.6 is 0 Å². The summed E-state index contributed by atoms with van der Waals surface area (Å²) in [5.74, 6) is 0.623. The van der Waals surface area contributed by atoms with Crippen molar-refractivity contribution in [2.24, 2.45) is 0 Å². The molecule has 1 aromatic carbocycles. The van der Waals surface area contributed by atoms with Crippen LogP contribution in [0.15, 0.2) is 41.8 Å². The first kappa shape index (κ1) is 11.7. The fourth-order valence-corrected chi connectivity index (χ4v) is 2.01. The van der Waals surface area contributed by atoms with E-state index in [0.717, 1.165) is 0 Å². The Morgan fingerprint density at radius 1 is 1.40 bits per heavy atom. The molecule has 0 radical (unpaired) electrons. The van der Waals surface area contributed by atoms with E-state index in [-0.39, 0.29) is 11.4 Å². The largest absolute Gasteiger partial charge is 0.497 e. The highest BCUT2D eigenvalue weighted by molar-refractivity contribution is 7.89. The summed E-state index contributed by atoms with van der Waals surface area (Å²) >= 11 is 0. The van der Waals surface area contributed by atoms with Gasteiger partial charge in [-0.15, -0.1) is 6.58 Å². The molecular weight excluding hydrogens is 214 g/mol. The van der Waals surface area contributed by atoms with Gasteiger partial charge in [-0.3, -0.25) is 0 Å². The van der Waals surface area contributed by atoms with Gasteiger partial charge in [-0.25, -0.2) is 13.1 Å². The number of hydrogen-bond donors (Lipinski definition) is 1. The summed E-state index contributed by atoms with van der Waals surface area (Å²) in [5.41, 5.74) is 0. The highest BCUT2D eigenvalue weighted by Crippen LogP contribution is 2.14. The standard InChI is InChI=1S/C10H13NO3S/c1-3-8-11-15(12,13)10-6-4-9(14-2)5-7-10/h3-7,11H,1,8H2,2H3. The normalized spacial score (nSPS) is 11.0. The summed E-state index contributed by atoms with van der Waals surface area (Å²) in [6, 6.07) is 6.18. The van der Waals surface area contributed by atoms with Gasteiger partial charge in [0.05, 0.1) is 12.0 Å². The molecule has 1 N–H and O–H groups in total. The zero-order valence-electron chi connectivity index (χ0n) is 8.43. The van der Waals surface area contributed by atoms with E-state index in [2.05, 4.69) is 11.3 Å². The topological polar surface area (TPSA) is 55.4 Å². The predicted molar refractivity (Wildman–Crippen MR) is 58.4 cm³/mol. The molecule has 0 saturated carbocycles. The SMILES string of the molecule is C=CCNS(=O)(=O)c1ccc(OC)cc1. The van der Waals surface area contributed by atoms with Crippen molar-refractivity contribution < 1.29 is 13.2 Å². The Bertz CT molecular complexity index is 422. The Balaban J connectivity index is 2.90. The van der Waals surface area contributed by atoms with E-state index in [1.165, 1.54) is 25.3 Å². The maximum Gasteiger partial charge on any atom is 0.240 e. The Kier molecular flexibility index (Phi) is 3.88. The summed E-state index contributed by atoms with van der Waals surface area (Å²) < 4.78 is 30.5. The van der Waals surface area contributed by atoms with Gasteiger partial charge >= 0.3 is 0 Å². The fraction of sp³-hybridized carbons (Fsp3) is 0.200. The van der Waals surface area contributed by atoms with Crippen molar-refractivity contribution in [1.29, 1.82) is 0 Å². The van der Waals surface area contributed by atoms with E-state index < -0.39 is 10.0 Å². The minimum Gasteiger partial charge on any atom is -0.497 e. The van der Waals surface area contributed by atoms with Gasteiger partial charge in [0.2, 0.25) is 10.0 Å². The smallest absolute Gasteiger partial charge is 0.240 e. The van der Waals surface area contributed by atoms with Gasteiger partial charge in [0.25, 0.3) is 0 Å². The van der Waals surface area contributed by atoms with Crippen LogP contribution in [-0.2, 0) is 10.0 Å². The van der Waals surface area contributed by atoms with E-state index in [1.807, 2.05) is 0 Å². The minimum absolute atomic E-state index is 0.213. The number of hydrogen-bond acceptors (Lipinski definition) is 3. The maximum atomic E-state index is 11.6. The van der Waals surface area contributed by atoms with Crippen LogP contribution in [0.2, 0.25) is 0 Å². The molecule has 5 heteroatoms. The number of methoxy groups -OCH3 is 1. The van der Waals surface area contributed by atoms with Gasteiger partial charge in [-0.1, -0.05) is 6.08 Å². The molecule has 0 aliphatic rings. The van der Waals surface area contributed by atoms with Gasteiger partial charge in [0.15, 0.2) is 0 Å². The number of ether oxygens (including phenoxy) is 1. The third kappa shape index (κ3) is 3.07. The molecule has 82 valence electrons. The summed E-state index contributed by atoms with van der Waals surface area (Å²) in [4.78, 5) is 0.213. The molecule has 1 rings (SSSR count). The zero-order valence-corrected chi connectivity index (χ0v) is 9.25. The quantitative estimate of drug-likeness (QED) is 0.768. The van der Waals surface area contributed by atoms with Gasteiger partial charge in [-0.2, -0.15) is 0 Å². The van der Waals surface area contributed by atoms with Crippen molar-refractivity contribution in [2.45, 2.75) is 4.90 Å². The van der Waals surface area contributed by atoms with Crippen LogP contribution in [0.3, 0.4) is 0 Å².